The molecule has 0 bridgehead atoms. The Labute approximate surface area is 96.2 Å². The van der Waals surface area contributed by atoms with E-state index in [0.717, 1.165) is 31.9 Å². The summed E-state index contributed by atoms with van der Waals surface area (Å²) in [5.41, 5.74) is 0. The Balaban J connectivity index is 2.57. The Morgan fingerprint density at radius 3 is 2.50 bits per heavy atom. The highest BCUT2D eigenvalue weighted by atomic mass is 32.2. The molecule has 0 radical (unpaired) electrons. The topological polar surface area (TPSA) is 69.7 Å². The molecule has 0 spiro atoms. The second-order valence-corrected chi connectivity index (χ2v) is 5.81. The van der Waals surface area contributed by atoms with Gasteiger partial charge in [-0.3, -0.25) is 8.98 Å². The summed E-state index contributed by atoms with van der Waals surface area (Å²) in [6.07, 6.45) is 4.57. The van der Waals surface area contributed by atoms with E-state index in [1.165, 1.54) is 7.11 Å². The van der Waals surface area contributed by atoms with E-state index < -0.39 is 10.1 Å². The molecule has 1 aliphatic rings. The van der Waals surface area contributed by atoms with Gasteiger partial charge in [0.05, 0.1) is 25.9 Å². The maximum Gasteiger partial charge on any atom is 0.309 e. The van der Waals surface area contributed by atoms with Crippen molar-refractivity contribution < 1.29 is 22.1 Å². The van der Waals surface area contributed by atoms with E-state index >= 15 is 0 Å². The van der Waals surface area contributed by atoms with Crippen molar-refractivity contribution >= 4 is 16.1 Å². The average molecular weight is 250 g/mol. The van der Waals surface area contributed by atoms with E-state index in [0.29, 0.717) is 0 Å². The predicted octanol–water partition coefficient (Wildman–Crippen LogP) is 0.942. The minimum atomic E-state index is -3.43. The lowest BCUT2D eigenvalue weighted by Crippen LogP contribution is -2.31. The maximum absolute atomic E-state index is 11.5. The molecule has 0 aliphatic heterocycles. The number of hydrogen-bond donors (Lipinski definition) is 0. The molecule has 0 aromatic rings. The van der Waals surface area contributed by atoms with Crippen molar-refractivity contribution in [3.63, 3.8) is 0 Å². The van der Waals surface area contributed by atoms with Crippen LogP contribution in [0.25, 0.3) is 0 Å². The standard InChI is InChI=1S/C10H18O5S/c1-14-10(11)9-6-4-3-5-8(9)7-15-16(2,12)13/h8-9H,3-7H2,1-2H3/t8-,9+/m0/s1. The molecule has 1 rings (SSSR count). The molecular formula is C10H18O5S. The maximum atomic E-state index is 11.5. The van der Waals surface area contributed by atoms with Gasteiger partial charge >= 0.3 is 5.97 Å². The Morgan fingerprint density at radius 1 is 1.31 bits per heavy atom. The molecule has 0 N–H and O–H groups in total. The van der Waals surface area contributed by atoms with E-state index in [1.54, 1.807) is 0 Å². The van der Waals surface area contributed by atoms with Crippen LogP contribution in [-0.4, -0.2) is 34.4 Å². The second-order valence-electron chi connectivity index (χ2n) is 4.16. The van der Waals surface area contributed by atoms with Crippen LogP contribution in [-0.2, 0) is 23.8 Å². The van der Waals surface area contributed by atoms with Crippen LogP contribution >= 0.6 is 0 Å². The lowest BCUT2D eigenvalue weighted by atomic mass is 9.80. The number of rotatable bonds is 4. The molecule has 1 saturated carbocycles. The van der Waals surface area contributed by atoms with Gasteiger partial charge in [0.1, 0.15) is 0 Å². The van der Waals surface area contributed by atoms with Gasteiger partial charge in [-0.05, 0) is 18.8 Å². The Kier molecular flexibility index (Phi) is 4.73. The highest BCUT2D eigenvalue weighted by Crippen LogP contribution is 2.31. The zero-order chi connectivity index (χ0) is 12.2. The van der Waals surface area contributed by atoms with Crippen molar-refractivity contribution in [1.29, 1.82) is 0 Å². The first-order valence-electron chi connectivity index (χ1n) is 5.36. The Hall–Kier alpha value is -0.620. The fourth-order valence-electron chi connectivity index (χ4n) is 2.08. The zero-order valence-electron chi connectivity index (χ0n) is 9.64. The van der Waals surface area contributed by atoms with Gasteiger partial charge in [-0.2, -0.15) is 8.42 Å². The monoisotopic (exact) mass is 250 g/mol. The van der Waals surface area contributed by atoms with Gasteiger partial charge < -0.3 is 4.74 Å². The number of ether oxygens (including phenoxy) is 1. The normalized spacial score (nSPS) is 26.4. The van der Waals surface area contributed by atoms with Crippen molar-refractivity contribution in [2.24, 2.45) is 11.8 Å². The van der Waals surface area contributed by atoms with Gasteiger partial charge in [0.15, 0.2) is 0 Å². The van der Waals surface area contributed by atoms with Crippen LogP contribution in [0.4, 0.5) is 0 Å². The first-order chi connectivity index (χ1) is 7.44. The van der Waals surface area contributed by atoms with Crippen LogP contribution in [0.15, 0.2) is 0 Å². The third kappa shape index (κ3) is 4.09. The van der Waals surface area contributed by atoms with E-state index in [2.05, 4.69) is 0 Å². The molecule has 5 nitrogen and oxygen atoms in total. The van der Waals surface area contributed by atoms with Crippen LogP contribution in [0.1, 0.15) is 25.7 Å². The zero-order valence-corrected chi connectivity index (χ0v) is 10.5. The van der Waals surface area contributed by atoms with Gasteiger partial charge in [0.2, 0.25) is 0 Å². The first-order valence-corrected chi connectivity index (χ1v) is 7.18. The Bertz CT molecular complexity index is 335. The third-order valence-electron chi connectivity index (χ3n) is 2.91. The number of carbonyl (C=O) groups is 1. The smallest absolute Gasteiger partial charge is 0.309 e. The van der Waals surface area contributed by atoms with Crippen LogP contribution < -0.4 is 0 Å². The van der Waals surface area contributed by atoms with E-state index in [1.807, 2.05) is 0 Å². The third-order valence-corrected chi connectivity index (χ3v) is 3.47. The number of methoxy groups -OCH3 is 1. The van der Waals surface area contributed by atoms with Gasteiger partial charge in [-0.1, -0.05) is 12.8 Å². The van der Waals surface area contributed by atoms with Crippen molar-refractivity contribution in [3.05, 3.63) is 0 Å². The molecule has 0 aromatic carbocycles. The molecule has 6 heteroatoms. The van der Waals surface area contributed by atoms with Crippen molar-refractivity contribution in [1.82, 2.24) is 0 Å². The SMILES string of the molecule is COC(=O)[C@@H]1CCCC[C@H]1COS(C)(=O)=O. The summed E-state index contributed by atoms with van der Waals surface area (Å²) >= 11 is 0. The second kappa shape index (κ2) is 5.63. The highest BCUT2D eigenvalue weighted by molar-refractivity contribution is 7.85. The van der Waals surface area contributed by atoms with Crippen LogP contribution in [0, 0.1) is 11.8 Å². The molecule has 2 atom stereocenters. The molecule has 16 heavy (non-hydrogen) atoms. The van der Waals surface area contributed by atoms with Gasteiger partial charge in [-0.25, -0.2) is 0 Å². The summed E-state index contributed by atoms with van der Waals surface area (Å²) in [5, 5.41) is 0. The molecule has 94 valence electrons. The summed E-state index contributed by atoms with van der Waals surface area (Å²) in [6.45, 7) is 0.0819. The summed E-state index contributed by atoms with van der Waals surface area (Å²) in [6, 6.07) is 0. The van der Waals surface area contributed by atoms with Crippen LogP contribution in [0.2, 0.25) is 0 Å². The van der Waals surface area contributed by atoms with Gasteiger partial charge in [0.25, 0.3) is 10.1 Å². The fraction of sp³-hybridized carbons (Fsp3) is 0.900. The van der Waals surface area contributed by atoms with Crippen molar-refractivity contribution in [3.8, 4) is 0 Å². The van der Waals surface area contributed by atoms with Gasteiger partial charge in [-0.15, -0.1) is 0 Å². The molecule has 0 aromatic heterocycles. The van der Waals surface area contributed by atoms with Crippen molar-refractivity contribution in [2.75, 3.05) is 20.0 Å². The van der Waals surface area contributed by atoms with Gasteiger partial charge in [0, 0.05) is 0 Å². The average Bonchev–Trinajstić information content (AvgIpc) is 2.25. The largest absolute Gasteiger partial charge is 0.469 e. The summed E-state index contributed by atoms with van der Waals surface area (Å²) in [4.78, 5) is 11.5. The van der Waals surface area contributed by atoms with E-state index in [-0.39, 0.29) is 24.4 Å². The lowest BCUT2D eigenvalue weighted by Gasteiger charge is -2.28. The number of hydrogen-bond acceptors (Lipinski definition) is 5. The van der Waals surface area contributed by atoms with E-state index in [4.69, 9.17) is 8.92 Å². The van der Waals surface area contributed by atoms with Crippen LogP contribution in [0.3, 0.4) is 0 Å². The Morgan fingerprint density at radius 2 is 1.94 bits per heavy atom. The summed E-state index contributed by atoms with van der Waals surface area (Å²) < 4.78 is 31.2. The molecule has 0 heterocycles. The molecule has 1 fully saturated rings. The first kappa shape index (κ1) is 13.4. The lowest BCUT2D eigenvalue weighted by molar-refractivity contribution is -0.149. The predicted molar refractivity (Wildman–Crippen MR) is 58.3 cm³/mol. The molecule has 1 aliphatic carbocycles. The van der Waals surface area contributed by atoms with Crippen LogP contribution in [0.5, 0.6) is 0 Å². The number of esters is 1. The highest BCUT2D eigenvalue weighted by Gasteiger charge is 2.32. The quantitative estimate of drug-likeness (QED) is 0.548. The molecule has 0 amide bonds. The minimum absolute atomic E-state index is 0.0454. The van der Waals surface area contributed by atoms with E-state index in [9.17, 15) is 13.2 Å². The minimum Gasteiger partial charge on any atom is -0.469 e. The molecular weight excluding hydrogens is 232 g/mol. The van der Waals surface area contributed by atoms with Crippen molar-refractivity contribution in [2.45, 2.75) is 25.7 Å². The molecule has 0 unspecified atom stereocenters. The fourth-order valence-corrected chi connectivity index (χ4v) is 2.50. The summed E-state index contributed by atoms with van der Waals surface area (Å²) in [7, 11) is -2.08. The summed E-state index contributed by atoms with van der Waals surface area (Å²) in [5.74, 6) is -0.529. The number of carbonyl (C=O) groups excluding carboxylic acids is 1. The molecule has 0 saturated heterocycles.